The van der Waals surface area contributed by atoms with Crippen molar-refractivity contribution in [1.29, 1.82) is 0 Å². The molecule has 1 N–H and O–H groups in total. The van der Waals surface area contributed by atoms with Gasteiger partial charge in [0.25, 0.3) is 0 Å². The molecule has 5 heteroatoms. The van der Waals surface area contributed by atoms with Crippen molar-refractivity contribution < 1.29 is 9.53 Å². The number of likely N-dealkylation sites (tertiary alicyclic amines) is 1. The van der Waals surface area contributed by atoms with Gasteiger partial charge in [0.1, 0.15) is 6.61 Å². The highest BCUT2D eigenvalue weighted by atomic mass is 16.5. The molecule has 26 heavy (non-hydrogen) atoms. The van der Waals surface area contributed by atoms with Crippen LogP contribution in [-0.2, 0) is 16.1 Å². The van der Waals surface area contributed by atoms with Crippen LogP contribution in [0.25, 0.3) is 0 Å². The Kier molecular flexibility index (Phi) is 7.32. The zero-order chi connectivity index (χ0) is 18.2. The number of hydrogen-bond donors (Lipinski definition) is 1. The number of nitrogens with one attached hydrogen (secondary N) is 1. The highest BCUT2D eigenvalue weighted by Crippen LogP contribution is 2.24. The number of nitrogens with zero attached hydrogens (tertiary/aromatic N) is 2. The molecule has 0 spiro atoms. The van der Waals surface area contributed by atoms with Gasteiger partial charge in [0.2, 0.25) is 0 Å². The zero-order valence-electron chi connectivity index (χ0n) is 16.1. The Morgan fingerprint density at radius 2 is 1.77 bits per heavy atom. The lowest BCUT2D eigenvalue weighted by Gasteiger charge is -2.33. The van der Waals surface area contributed by atoms with Gasteiger partial charge in [0.05, 0.1) is 5.92 Å². The predicted molar refractivity (Wildman–Crippen MR) is 105 cm³/mol. The first-order chi connectivity index (χ1) is 12.8. The number of hydrogen-bond acceptors (Lipinski definition) is 5. The van der Waals surface area contributed by atoms with Gasteiger partial charge in [0, 0.05) is 31.9 Å². The molecule has 0 amide bonds. The minimum atomic E-state index is 0.00558. The molecule has 2 heterocycles. The lowest BCUT2D eigenvalue weighted by molar-refractivity contribution is -0.149. The molecule has 2 aliphatic heterocycles. The monoisotopic (exact) mass is 359 g/mol. The summed E-state index contributed by atoms with van der Waals surface area (Å²) >= 11 is 0. The van der Waals surface area contributed by atoms with Gasteiger partial charge >= 0.3 is 5.97 Å². The second-order valence-electron chi connectivity index (χ2n) is 7.53. The van der Waals surface area contributed by atoms with Gasteiger partial charge < -0.3 is 15.0 Å². The van der Waals surface area contributed by atoms with Crippen molar-refractivity contribution in [3.8, 4) is 0 Å². The third-order valence-electron chi connectivity index (χ3n) is 5.61. The molecule has 0 aromatic heterocycles. The first kappa shape index (κ1) is 19.2. The van der Waals surface area contributed by atoms with E-state index in [4.69, 9.17) is 4.74 Å². The maximum Gasteiger partial charge on any atom is 0.309 e. The molecule has 2 aliphatic rings. The van der Waals surface area contributed by atoms with Crippen molar-refractivity contribution in [2.24, 2.45) is 5.92 Å². The summed E-state index contributed by atoms with van der Waals surface area (Å²) in [6.45, 7) is 6.50. The van der Waals surface area contributed by atoms with Crippen LogP contribution in [0, 0.1) is 5.92 Å². The maximum absolute atomic E-state index is 12.3. The van der Waals surface area contributed by atoms with E-state index in [1.165, 1.54) is 30.5 Å². The molecule has 144 valence electrons. The van der Waals surface area contributed by atoms with Crippen LogP contribution in [0.1, 0.15) is 37.7 Å². The summed E-state index contributed by atoms with van der Waals surface area (Å²) in [5.41, 5.74) is 2.55. The van der Waals surface area contributed by atoms with E-state index in [-0.39, 0.29) is 11.9 Å². The van der Waals surface area contributed by atoms with Crippen LogP contribution in [-0.4, -0.2) is 57.2 Å². The van der Waals surface area contributed by atoms with Gasteiger partial charge in [-0.25, -0.2) is 0 Å². The fraction of sp³-hybridized carbons (Fsp3) is 0.667. The Balaban J connectivity index is 1.37. The molecule has 2 saturated heterocycles. The van der Waals surface area contributed by atoms with Crippen molar-refractivity contribution in [3.63, 3.8) is 0 Å². The summed E-state index contributed by atoms with van der Waals surface area (Å²) in [6, 6.07) is 8.72. The van der Waals surface area contributed by atoms with Gasteiger partial charge in [-0.3, -0.25) is 9.69 Å². The van der Waals surface area contributed by atoms with Crippen molar-refractivity contribution >= 4 is 11.7 Å². The second kappa shape index (κ2) is 9.93. The molecule has 0 unspecified atom stereocenters. The molecule has 0 radical (unpaired) electrons. The van der Waals surface area contributed by atoms with E-state index in [0.717, 1.165) is 52.1 Å². The summed E-state index contributed by atoms with van der Waals surface area (Å²) < 4.78 is 5.56. The Bertz CT molecular complexity index is 547. The fourth-order valence-electron chi connectivity index (χ4n) is 3.98. The van der Waals surface area contributed by atoms with E-state index < -0.39 is 0 Å². The van der Waals surface area contributed by atoms with Crippen LogP contribution >= 0.6 is 0 Å². The topological polar surface area (TPSA) is 44.8 Å². The number of anilines is 1. The lowest BCUT2D eigenvalue weighted by Crippen LogP contribution is -2.38. The highest BCUT2D eigenvalue weighted by molar-refractivity contribution is 5.73. The van der Waals surface area contributed by atoms with E-state index in [9.17, 15) is 4.79 Å². The summed E-state index contributed by atoms with van der Waals surface area (Å²) in [6.07, 6.45) is 5.68. The summed E-state index contributed by atoms with van der Waals surface area (Å²) in [4.78, 5) is 17.1. The van der Waals surface area contributed by atoms with Crippen molar-refractivity contribution in [2.45, 2.75) is 38.6 Å². The van der Waals surface area contributed by atoms with Crippen molar-refractivity contribution in [2.75, 3.05) is 51.3 Å². The van der Waals surface area contributed by atoms with Crippen LogP contribution in [0.15, 0.2) is 24.3 Å². The van der Waals surface area contributed by atoms with Gasteiger partial charge in [-0.05, 0) is 63.5 Å². The van der Waals surface area contributed by atoms with Gasteiger partial charge in [0.15, 0.2) is 0 Å². The Morgan fingerprint density at radius 3 is 2.42 bits per heavy atom. The highest BCUT2D eigenvalue weighted by Gasteiger charge is 2.26. The quantitative estimate of drug-likeness (QED) is 0.759. The van der Waals surface area contributed by atoms with Gasteiger partial charge in [-0.1, -0.05) is 18.6 Å². The number of esters is 1. The first-order valence-electron chi connectivity index (χ1n) is 10.1. The number of carbonyl (C=O) groups is 1. The Morgan fingerprint density at radius 1 is 1.08 bits per heavy atom. The number of benzene rings is 1. The summed E-state index contributed by atoms with van der Waals surface area (Å²) in [7, 11) is 1.96. The third-order valence-corrected chi connectivity index (χ3v) is 5.61. The molecular formula is C21H33N3O2. The molecule has 0 saturated carbocycles. The minimum absolute atomic E-state index is 0.00558. The number of rotatable bonds is 7. The van der Waals surface area contributed by atoms with Crippen LogP contribution in [0.3, 0.4) is 0 Å². The SMILES string of the molecule is CNCc1ccc(N2CCC(C(=O)OCCN3CCCCC3)CC2)cc1. The number of piperidine rings is 2. The normalized spacial score (nSPS) is 19.5. The molecule has 1 aromatic rings. The number of carbonyl (C=O) groups excluding carboxylic acids is 1. The zero-order valence-corrected chi connectivity index (χ0v) is 16.1. The van der Waals surface area contributed by atoms with E-state index in [2.05, 4.69) is 39.4 Å². The lowest BCUT2D eigenvalue weighted by atomic mass is 9.96. The van der Waals surface area contributed by atoms with Crippen LogP contribution in [0.4, 0.5) is 5.69 Å². The van der Waals surface area contributed by atoms with Gasteiger partial charge in [-0.15, -0.1) is 0 Å². The molecular weight excluding hydrogens is 326 g/mol. The minimum Gasteiger partial charge on any atom is -0.464 e. The number of ether oxygens (including phenoxy) is 1. The first-order valence-corrected chi connectivity index (χ1v) is 10.1. The average Bonchev–Trinajstić information content (AvgIpc) is 2.70. The second-order valence-corrected chi connectivity index (χ2v) is 7.53. The van der Waals surface area contributed by atoms with E-state index >= 15 is 0 Å². The molecule has 5 nitrogen and oxygen atoms in total. The molecule has 0 bridgehead atoms. The Labute approximate surface area is 157 Å². The molecule has 0 atom stereocenters. The summed E-state index contributed by atoms with van der Waals surface area (Å²) in [5.74, 6) is 0.0715. The van der Waals surface area contributed by atoms with Crippen molar-refractivity contribution in [1.82, 2.24) is 10.2 Å². The fourth-order valence-corrected chi connectivity index (χ4v) is 3.98. The molecule has 0 aliphatic carbocycles. The third kappa shape index (κ3) is 5.45. The Hall–Kier alpha value is -1.59. The smallest absolute Gasteiger partial charge is 0.309 e. The van der Waals surface area contributed by atoms with Crippen LogP contribution < -0.4 is 10.2 Å². The standard InChI is InChI=1S/C21H33N3O2/c1-22-17-18-5-7-20(8-6-18)24-13-9-19(10-14-24)21(25)26-16-15-23-11-3-2-4-12-23/h5-8,19,22H,2-4,9-17H2,1H3. The molecule has 1 aromatic carbocycles. The maximum atomic E-state index is 12.3. The summed E-state index contributed by atoms with van der Waals surface area (Å²) in [5, 5.41) is 3.17. The predicted octanol–water partition coefficient (Wildman–Crippen LogP) is 2.65. The van der Waals surface area contributed by atoms with Crippen LogP contribution in [0.5, 0.6) is 0 Å². The van der Waals surface area contributed by atoms with Crippen molar-refractivity contribution in [3.05, 3.63) is 29.8 Å². The molecule has 3 rings (SSSR count). The van der Waals surface area contributed by atoms with Gasteiger partial charge in [-0.2, -0.15) is 0 Å². The molecule has 2 fully saturated rings. The average molecular weight is 360 g/mol. The van der Waals surface area contributed by atoms with E-state index in [1.807, 2.05) is 7.05 Å². The van der Waals surface area contributed by atoms with E-state index in [0.29, 0.717) is 6.61 Å². The largest absolute Gasteiger partial charge is 0.464 e. The van der Waals surface area contributed by atoms with Crippen LogP contribution in [0.2, 0.25) is 0 Å². The van der Waals surface area contributed by atoms with E-state index in [1.54, 1.807) is 0 Å².